The maximum atomic E-state index is 12.7. The topological polar surface area (TPSA) is 77.2 Å². The number of ether oxygens (including phenoxy) is 2. The van der Waals surface area contributed by atoms with Gasteiger partial charge in [-0.15, -0.1) is 0 Å². The Kier molecular flexibility index (Phi) is 6.51. The van der Waals surface area contributed by atoms with Crippen LogP contribution in [0.4, 0.5) is 0 Å². The van der Waals surface area contributed by atoms with E-state index in [0.29, 0.717) is 35.1 Å². The monoisotopic (exact) mass is 492 g/mol. The standard InChI is InChI=1S/C24H21BrN4O3/c1-16-22(29-11-7-6-10-21(29)27-16)24(30)28-26-14-18-12-19(25)23(20(13-18)31-2)32-15-17-8-4-3-5-9-17/h3-14H,15H2,1-2H3,(H,28,30)/b26-14-. The first-order valence-electron chi connectivity index (χ1n) is 9.88. The summed E-state index contributed by atoms with van der Waals surface area (Å²) in [7, 11) is 1.58. The average Bonchev–Trinajstić information content (AvgIpc) is 3.14. The zero-order chi connectivity index (χ0) is 22.5. The largest absolute Gasteiger partial charge is 0.493 e. The molecule has 0 aliphatic carbocycles. The molecule has 0 saturated carbocycles. The lowest BCUT2D eigenvalue weighted by Crippen LogP contribution is -2.20. The van der Waals surface area contributed by atoms with Gasteiger partial charge in [-0.3, -0.25) is 9.20 Å². The van der Waals surface area contributed by atoms with Crippen LogP contribution in [-0.4, -0.2) is 28.6 Å². The fourth-order valence-corrected chi connectivity index (χ4v) is 3.86. The highest BCUT2D eigenvalue weighted by molar-refractivity contribution is 9.10. The van der Waals surface area contributed by atoms with Gasteiger partial charge in [-0.1, -0.05) is 36.4 Å². The van der Waals surface area contributed by atoms with Crippen LogP contribution in [-0.2, 0) is 6.61 Å². The van der Waals surface area contributed by atoms with Crippen LogP contribution in [0.1, 0.15) is 27.3 Å². The number of nitrogens with one attached hydrogen (secondary N) is 1. The van der Waals surface area contributed by atoms with Crippen molar-refractivity contribution in [1.29, 1.82) is 0 Å². The first-order valence-corrected chi connectivity index (χ1v) is 10.7. The molecular weight excluding hydrogens is 472 g/mol. The molecule has 0 unspecified atom stereocenters. The number of carbonyl (C=O) groups is 1. The summed E-state index contributed by atoms with van der Waals surface area (Å²) in [4.78, 5) is 17.1. The number of amides is 1. The molecule has 162 valence electrons. The lowest BCUT2D eigenvalue weighted by molar-refractivity contribution is 0.0948. The van der Waals surface area contributed by atoms with Crippen molar-refractivity contribution >= 4 is 33.7 Å². The van der Waals surface area contributed by atoms with Gasteiger partial charge in [0.2, 0.25) is 0 Å². The molecule has 0 spiro atoms. The molecule has 4 aromatic rings. The molecule has 8 heteroatoms. The van der Waals surface area contributed by atoms with E-state index < -0.39 is 0 Å². The minimum atomic E-state index is -0.341. The van der Waals surface area contributed by atoms with E-state index in [1.54, 1.807) is 36.9 Å². The molecule has 32 heavy (non-hydrogen) atoms. The molecule has 0 atom stereocenters. The Labute approximate surface area is 193 Å². The molecule has 0 aliphatic rings. The van der Waals surface area contributed by atoms with Crippen LogP contribution in [0.2, 0.25) is 0 Å². The first-order chi connectivity index (χ1) is 15.6. The van der Waals surface area contributed by atoms with Gasteiger partial charge in [-0.2, -0.15) is 5.10 Å². The molecule has 2 aromatic heterocycles. The van der Waals surface area contributed by atoms with Gasteiger partial charge in [0.05, 0.1) is 23.5 Å². The Balaban J connectivity index is 1.48. The number of rotatable bonds is 7. The van der Waals surface area contributed by atoms with Crippen LogP contribution < -0.4 is 14.9 Å². The zero-order valence-electron chi connectivity index (χ0n) is 17.6. The predicted molar refractivity (Wildman–Crippen MR) is 126 cm³/mol. The normalized spacial score (nSPS) is 11.1. The second-order valence-corrected chi connectivity index (χ2v) is 7.84. The second-order valence-electron chi connectivity index (χ2n) is 6.98. The lowest BCUT2D eigenvalue weighted by Gasteiger charge is -2.13. The highest BCUT2D eigenvalue weighted by Crippen LogP contribution is 2.36. The van der Waals surface area contributed by atoms with E-state index in [1.165, 1.54) is 0 Å². The molecule has 2 aromatic carbocycles. The quantitative estimate of drug-likeness (QED) is 0.298. The molecular formula is C24H21BrN4O3. The van der Waals surface area contributed by atoms with E-state index in [-0.39, 0.29) is 5.91 Å². The number of methoxy groups -OCH3 is 1. The van der Waals surface area contributed by atoms with Crippen LogP contribution >= 0.6 is 15.9 Å². The zero-order valence-corrected chi connectivity index (χ0v) is 19.2. The van der Waals surface area contributed by atoms with Gasteiger partial charge >= 0.3 is 0 Å². The van der Waals surface area contributed by atoms with Gasteiger partial charge in [-0.05, 0) is 58.2 Å². The highest BCUT2D eigenvalue weighted by atomic mass is 79.9. The highest BCUT2D eigenvalue weighted by Gasteiger charge is 2.16. The molecule has 0 fully saturated rings. The number of pyridine rings is 1. The summed E-state index contributed by atoms with van der Waals surface area (Å²) < 4.78 is 13.9. The first kappa shape index (κ1) is 21.6. The van der Waals surface area contributed by atoms with E-state index >= 15 is 0 Å². The third-order valence-electron chi connectivity index (χ3n) is 4.78. The van der Waals surface area contributed by atoms with Gasteiger partial charge in [-0.25, -0.2) is 10.4 Å². The fraction of sp³-hybridized carbons (Fsp3) is 0.125. The summed E-state index contributed by atoms with van der Waals surface area (Å²) in [6.07, 6.45) is 3.34. The molecule has 1 N–H and O–H groups in total. The number of hydrogen-bond donors (Lipinski definition) is 1. The van der Waals surface area contributed by atoms with Crippen molar-refractivity contribution < 1.29 is 14.3 Å². The van der Waals surface area contributed by atoms with E-state index in [0.717, 1.165) is 15.6 Å². The average molecular weight is 493 g/mol. The number of halogens is 1. The third kappa shape index (κ3) is 4.65. The Morgan fingerprint density at radius 1 is 1.19 bits per heavy atom. The third-order valence-corrected chi connectivity index (χ3v) is 5.37. The Hall–Kier alpha value is -3.65. The van der Waals surface area contributed by atoms with Gasteiger partial charge in [0.1, 0.15) is 17.9 Å². The van der Waals surface area contributed by atoms with Gasteiger partial charge in [0.15, 0.2) is 11.5 Å². The number of carbonyl (C=O) groups excluding carboxylic acids is 1. The number of imidazole rings is 1. The Bertz CT molecular complexity index is 1290. The van der Waals surface area contributed by atoms with E-state index in [9.17, 15) is 4.79 Å². The second kappa shape index (κ2) is 9.65. The van der Waals surface area contributed by atoms with Gasteiger partial charge < -0.3 is 9.47 Å². The molecule has 0 bridgehead atoms. The number of hydrogen-bond acceptors (Lipinski definition) is 5. The van der Waals surface area contributed by atoms with E-state index in [1.807, 2.05) is 54.6 Å². The molecule has 7 nitrogen and oxygen atoms in total. The van der Waals surface area contributed by atoms with Crippen LogP contribution in [0.15, 0.2) is 76.4 Å². The fourth-order valence-electron chi connectivity index (χ4n) is 3.29. The molecule has 1 amide bonds. The minimum absolute atomic E-state index is 0.341. The van der Waals surface area contributed by atoms with Crippen molar-refractivity contribution in [2.24, 2.45) is 5.10 Å². The molecule has 4 rings (SSSR count). The van der Waals surface area contributed by atoms with Crippen molar-refractivity contribution in [3.05, 3.63) is 93.8 Å². The summed E-state index contributed by atoms with van der Waals surface area (Å²) in [6, 6.07) is 19.1. The molecule has 0 saturated heterocycles. The van der Waals surface area contributed by atoms with Crippen LogP contribution in [0.25, 0.3) is 5.65 Å². The number of benzene rings is 2. The molecule has 2 heterocycles. The van der Waals surface area contributed by atoms with Gasteiger partial charge in [0.25, 0.3) is 5.91 Å². The number of aryl methyl sites for hydroxylation is 1. The molecule has 0 aliphatic heterocycles. The number of fused-ring (bicyclic) bond motifs is 1. The van der Waals surface area contributed by atoms with Crippen molar-refractivity contribution in [3.8, 4) is 11.5 Å². The minimum Gasteiger partial charge on any atom is -0.493 e. The summed E-state index contributed by atoms with van der Waals surface area (Å²) >= 11 is 3.54. The molecule has 0 radical (unpaired) electrons. The number of aromatic nitrogens is 2. The van der Waals surface area contributed by atoms with Crippen molar-refractivity contribution in [3.63, 3.8) is 0 Å². The maximum absolute atomic E-state index is 12.7. The summed E-state index contributed by atoms with van der Waals surface area (Å²) in [5, 5.41) is 4.10. The SMILES string of the molecule is COc1cc(/C=N\NC(=O)c2c(C)nc3ccccn23)cc(Br)c1OCc1ccccc1. The summed E-state index contributed by atoms with van der Waals surface area (Å²) in [6.45, 7) is 2.21. The maximum Gasteiger partial charge on any atom is 0.290 e. The smallest absolute Gasteiger partial charge is 0.290 e. The Morgan fingerprint density at radius 3 is 2.75 bits per heavy atom. The van der Waals surface area contributed by atoms with Gasteiger partial charge in [0, 0.05) is 6.20 Å². The lowest BCUT2D eigenvalue weighted by atomic mass is 10.2. The Morgan fingerprint density at radius 2 is 1.97 bits per heavy atom. The van der Waals surface area contributed by atoms with Crippen LogP contribution in [0.3, 0.4) is 0 Å². The van der Waals surface area contributed by atoms with Crippen LogP contribution in [0.5, 0.6) is 11.5 Å². The number of nitrogens with zero attached hydrogens (tertiary/aromatic N) is 3. The number of hydrazone groups is 1. The van der Waals surface area contributed by atoms with Crippen molar-refractivity contribution in [1.82, 2.24) is 14.8 Å². The van der Waals surface area contributed by atoms with Crippen molar-refractivity contribution in [2.75, 3.05) is 7.11 Å². The summed E-state index contributed by atoms with van der Waals surface area (Å²) in [5.41, 5.74) is 6.14. The van der Waals surface area contributed by atoms with E-state index in [4.69, 9.17) is 9.47 Å². The van der Waals surface area contributed by atoms with Crippen LogP contribution in [0, 0.1) is 6.92 Å². The van der Waals surface area contributed by atoms with E-state index in [2.05, 4.69) is 31.4 Å². The summed E-state index contributed by atoms with van der Waals surface area (Å²) in [5.74, 6) is 0.811. The van der Waals surface area contributed by atoms with Crippen molar-refractivity contribution in [2.45, 2.75) is 13.5 Å². The predicted octanol–water partition coefficient (Wildman–Crippen LogP) is 4.76.